The molecule has 3 aromatic carbocycles. The van der Waals surface area contributed by atoms with Gasteiger partial charge in [-0.2, -0.15) is 0 Å². The number of carbonyl (C=O) groups is 2. The van der Waals surface area contributed by atoms with Gasteiger partial charge in [0.15, 0.2) is 5.78 Å². The third-order valence-corrected chi connectivity index (χ3v) is 7.56. The highest BCUT2D eigenvalue weighted by Crippen LogP contribution is 2.24. The van der Waals surface area contributed by atoms with Gasteiger partial charge in [-0.05, 0) is 66.6 Å². The fraction of sp³-hybridized carbons (Fsp3) is 0.333. The second-order valence-corrected chi connectivity index (χ2v) is 12.4. The van der Waals surface area contributed by atoms with Gasteiger partial charge in [0, 0.05) is 29.8 Å². The molecular formula is C30H36N2O4S. The quantitative estimate of drug-likeness (QED) is 0.350. The highest BCUT2D eigenvalue weighted by molar-refractivity contribution is 7.92. The first kappa shape index (κ1) is 28.1. The van der Waals surface area contributed by atoms with Gasteiger partial charge in [-0.3, -0.25) is 13.9 Å². The van der Waals surface area contributed by atoms with Crippen LogP contribution in [0.2, 0.25) is 0 Å². The first-order chi connectivity index (χ1) is 17.3. The second kappa shape index (κ2) is 11.3. The van der Waals surface area contributed by atoms with Crippen LogP contribution in [0.4, 0.5) is 11.4 Å². The Kier molecular flexibility index (Phi) is 8.59. The van der Waals surface area contributed by atoms with Crippen molar-refractivity contribution < 1.29 is 18.0 Å². The fourth-order valence-corrected chi connectivity index (χ4v) is 4.96. The monoisotopic (exact) mass is 520 g/mol. The van der Waals surface area contributed by atoms with Gasteiger partial charge in [0.2, 0.25) is 15.9 Å². The third kappa shape index (κ3) is 7.52. The molecule has 0 aliphatic heterocycles. The number of anilines is 2. The zero-order valence-corrected chi connectivity index (χ0v) is 23.3. The summed E-state index contributed by atoms with van der Waals surface area (Å²) in [6.45, 7) is 10.5. The van der Waals surface area contributed by atoms with Gasteiger partial charge in [-0.15, -0.1) is 0 Å². The van der Waals surface area contributed by atoms with Crippen LogP contribution in [0.15, 0.2) is 66.7 Å². The lowest BCUT2D eigenvalue weighted by molar-refractivity contribution is -0.116. The number of nitrogens with one attached hydrogen (secondary N) is 1. The Bertz CT molecular complexity index is 1390. The van der Waals surface area contributed by atoms with Crippen molar-refractivity contribution in [2.75, 3.05) is 22.4 Å². The maximum absolute atomic E-state index is 13.0. The number of benzene rings is 3. The van der Waals surface area contributed by atoms with E-state index in [1.165, 1.54) is 10.6 Å². The smallest absolute Gasteiger partial charge is 0.232 e. The average Bonchev–Trinajstić information content (AvgIpc) is 2.82. The Morgan fingerprint density at radius 1 is 0.865 bits per heavy atom. The normalized spacial score (nSPS) is 11.7. The maximum atomic E-state index is 13.0. The van der Waals surface area contributed by atoms with E-state index in [9.17, 15) is 18.0 Å². The van der Waals surface area contributed by atoms with Crippen LogP contribution in [0.1, 0.15) is 66.2 Å². The molecule has 0 atom stereocenters. The zero-order valence-electron chi connectivity index (χ0n) is 22.5. The largest absolute Gasteiger partial charge is 0.326 e. The van der Waals surface area contributed by atoms with Crippen LogP contribution in [0.5, 0.6) is 0 Å². The van der Waals surface area contributed by atoms with E-state index < -0.39 is 10.0 Å². The summed E-state index contributed by atoms with van der Waals surface area (Å²) >= 11 is 0. The molecular weight excluding hydrogens is 484 g/mol. The van der Waals surface area contributed by atoms with Gasteiger partial charge in [0.05, 0.1) is 11.9 Å². The van der Waals surface area contributed by atoms with Crippen molar-refractivity contribution >= 4 is 33.1 Å². The molecule has 0 fully saturated rings. The Morgan fingerprint density at radius 2 is 1.54 bits per heavy atom. The number of aryl methyl sites for hydroxylation is 2. The van der Waals surface area contributed by atoms with Gasteiger partial charge < -0.3 is 5.32 Å². The fourth-order valence-electron chi connectivity index (χ4n) is 4.00. The summed E-state index contributed by atoms with van der Waals surface area (Å²) in [5.74, 6) is -0.360. The third-order valence-electron chi connectivity index (χ3n) is 6.37. The molecule has 196 valence electrons. The molecule has 0 unspecified atom stereocenters. The molecule has 1 amide bonds. The van der Waals surface area contributed by atoms with Crippen molar-refractivity contribution in [1.82, 2.24) is 0 Å². The standard InChI is InChI=1S/C30H36N2O4S/c1-21-12-17-27(19-22(21)2)32(37(6,35)36)18-8-11-28(33)31-26-10-7-9-24(20-26)29(34)23-13-15-25(16-14-23)30(3,4)5/h7,9-10,12-17,19-20H,8,11,18H2,1-6H3,(H,31,33). The van der Waals surface area contributed by atoms with Crippen LogP contribution >= 0.6 is 0 Å². The zero-order chi connectivity index (χ0) is 27.4. The molecule has 0 radical (unpaired) electrons. The molecule has 3 aromatic rings. The van der Waals surface area contributed by atoms with E-state index >= 15 is 0 Å². The first-order valence-electron chi connectivity index (χ1n) is 12.4. The van der Waals surface area contributed by atoms with Crippen molar-refractivity contribution in [2.45, 2.75) is 52.9 Å². The van der Waals surface area contributed by atoms with Crippen LogP contribution in [-0.2, 0) is 20.2 Å². The molecule has 6 nitrogen and oxygen atoms in total. The average molecular weight is 521 g/mol. The molecule has 3 rings (SSSR count). The summed E-state index contributed by atoms with van der Waals surface area (Å²) < 4.78 is 26.1. The van der Waals surface area contributed by atoms with Gasteiger partial charge in [-0.25, -0.2) is 8.42 Å². The number of ketones is 1. The van der Waals surface area contributed by atoms with Crippen LogP contribution in [0, 0.1) is 13.8 Å². The number of carbonyl (C=O) groups excluding carboxylic acids is 2. The molecule has 0 spiro atoms. The van der Waals surface area contributed by atoms with Gasteiger partial charge in [0.1, 0.15) is 0 Å². The summed E-state index contributed by atoms with van der Waals surface area (Å²) in [7, 11) is -3.49. The van der Waals surface area contributed by atoms with Crippen LogP contribution in [0.3, 0.4) is 0 Å². The molecule has 0 bridgehead atoms. The number of hydrogen-bond acceptors (Lipinski definition) is 4. The minimum atomic E-state index is -3.49. The van der Waals surface area contributed by atoms with E-state index in [4.69, 9.17) is 0 Å². The number of nitrogens with zero attached hydrogens (tertiary/aromatic N) is 1. The van der Waals surface area contributed by atoms with E-state index in [1.807, 2.05) is 50.2 Å². The molecule has 37 heavy (non-hydrogen) atoms. The summed E-state index contributed by atoms with van der Waals surface area (Å²) in [6.07, 6.45) is 1.66. The Morgan fingerprint density at radius 3 is 2.14 bits per heavy atom. The number of sulfonamides is 1. The molecule has 0 aliphatic rings. The Labute approximate surface area is 220 Å². The number of rotatable bonds is 9. The molecule has 0 heterocycles. The first-order valence-corrected chi connectivity index (χ1v) is 14.2. The van der Waals surface area contributed by atoms with Crippen molar-refractivity contribution in [3.05, 3.63) is 94.5 Å². The Hall–Kier alpha value is -3.45. The van der Waals surface area contributed by atoms with E-state index in [-0.39, 0.29) is 30.1 Å². The minimum absolute atomic E-state index is 0.00318. The van der Waals surface area contributed by atoms with Gasteiger partial charge in [-0.1, -0.05) is 63.2 Å². The van der Waals surface area contributed by atoms with Crippen LogP contribution in [-0.4, -0.2) is 32.9 Å². The van der Waals surface area contributed by atoms with Gasteiger partial charge in [0.25, 0.3) is 0 Å². The highest BCUT2D eigenvalue weighted by Gasteiger charge is 2.19. The SMILES string of the molecule is Cc1ccc(N(CCCC(=O)Nc2cccc(C(=O)c3ccc(C(C)(C)C)cc3)c2)S(C)(=O)=O)cc1C. The van der Waals surface area contributed by atoms with Crippen molar-refractivity contribution in [3.8, 4) is 0 Å². The van der Waals surface area contributed by atoms with E-state index in [0.29, 0.717) is 28.9 Å². The van der Waals surface area contributed by atoms with Crippen molar-refractivity contribution in [3.63, 3.8) is 0 Å². The molecule has 0 saturated carbocycles. The van der Waals surface area contributed by atoms with Crippen molar-refractivity contribution in [2.24, 2.45) is 0 Å². The highest BCUT2D eigenvalue weighted by atomic mass is 32.2. The predicted octanol–water partition coefficient (Wildman–Crippen LogP) is 6.02. The predicted molar refractivity (Wildman–Crippen MR) is 151 cm³/mol. The molecule has 7 heteroatoms. The van der Waals surface area contributed by atoms with E-state index in [2.05, 4.69) is 26.1 Å². The van der Waals surface area contributed by atoms with Gasteiger partial charge >= 0.3 is 0 Å². The second-order valence-electron chi connectivity index (χ2n) is 10.5. The summed E-state index contributed by atoms with van der Waals surface area (Å²) in [4.78, 5) is 25.6. The molecule has 1 N–H and O–H groups in total. The molecule has 0 aromatic heterocycles. The number of amides is 1. The minimum Gasteiger partial charge on any atom is -0.326 e. The van der Waals surface area contributed by atoms with Crippen LogP contribution < -0.4 is 9.62 Å². The lowest BCUT2D eigenvalue weighted by Crippen LogP contribution is -2.31. The van der Waals surface area contributed by atoms with Crippen LogP contribution in [0.25, 0.3) is 0 Å². The summed E-state index contributed by atoms with van der Waals surface area (Å²) in [5.41, 5.74) is 5.43. The van der Waals surface area contributed by atoms with E-state index in [1.54, 1.807) is 30.3 Å². The molecule has 0 saturated heterocycles. The van der Waals surface area contributed by atoms with E-state index in [0.717, 1.165) is 16.7 Å². The molecule has 0 aliphatic carbocycles. The number of hydrogen-bond donors (Lipinski definition) is 1. The maximum Gasteiger partial charge on any atom is 0.232 e. The Balaban J connectivity index is 1.62. The lowest BCUT2D eigenvalue weighted by atomic mass is 9.86. The summed E-state index contributed by atoms with van der Waals surface area (Å²) in [5, 5.41) is 2.83. The summed E-state index contributed by atoms with van der Waals surface area (Å²) in [6, 6.07) is 20.0. The lowest BCUT2D eigenvalue weighted by Gasteiger charge is -2.23. The topological polar surface area (TPSA) is 83.6 Å². The van der Waals surface area contributed by atoms with Crippen molar-refractivity contribution in [1.29, 1.82) is 0 Å².